The van der Waals surface area contributed by atoms with Crippen molar-refractivity contribution in [2.75, 3.05) is 6.54 Å². The van der Waals surface area contributed by atoms with Crippen LogP contribution < -0.4 is 10.6 Å². The molecule has 0 spiro atoms. The van der Waals surface area contributed by atoms with Crippen LogP contribution in [-0.2, 0) is 18.4 Å². The highest BCUT2D eigenvalue weighted by Gasteiger charge is 2.20. The molecule has 0 aromatic carbocycles. The molecule has 0 aliphatic carbocycles. The molecular weight excluding hydrogens is 178 g/mol. The van der Waals surface area contributed by atoms with Gasteiger partial charge in [0, 0.05) is 45.0 Å². The highest BCUT2D eigenvalue weighted by molar-refractivity contribution is 5.78. The summed E-state index contributed by atoms with van der Waals surface area (Å²) in [6, 6.07) is 2.37. The molecule has 14 heavy (non-hydrogen) atoms. The molecule has 2 heterocycles. The average Bonchev–Trinajstić information content (AvgIpc) is 2.72. The third-order valence-electron chi connectivity index (χ3n) is 2.47. The SMILES string of the molecule is Cn1ccc(CNC2CNC(=O)C2)c1. The summed E-state index contributed by atoms with van der Waals surface area (Å²) in [5.74, 6) is 0.149. The molecule has 1 saturated heterocycles. The lowest BCUT2D eigenvalue weighted by Crippen LogP contribution is -2.30. The van der Waals surface area contributed by atoms with E-state index < -0.39 is 0 Å². The van der Waals surface area contributed by atoms with Crippen LogP contribution >= 0.6 is 0 Å². The minimum Gasteiger partial charge on any atom is -0.357 e. The second kappa shape index (κ2) is 3.84. The molecule has 76 valence electrons. The van der Waals surface area contributed by atoms with Gasteiger partial charge < -0.3 is 15.2 Å². The van der Waals surface area contributed by atoms with E-state index in [1.807, 2.05) is 17.8 Å². The molecule has 1 aliphatic rings. The molecular formula is C10H15N3O. The van der Waals surface area contributed by atoms with Crippen molar-refractivity contribution in [1.29, 1.82) is 0 Å². The Morgan fingerprint density at radius 2 is 2.57 bits per heavy atom. The maximum atomic E-state index is 10.9. The van der Waals surface area contributed by atoms with Crippen molar-refractivity contribution >= 4 is 5.91 Å². The molecule has 1 fully saturated rings. The predicted octanol–water partition coefficient (Wildman–Crippen LogP) is 0.00320. The van der Waals surface area contributed by atoms with Crippen LogP contribution in [0.5, 0.6) is 0 Å². The fraction of sp³-hybridized carbons (Fsp3) is 0.500. The van der Waals surface area contributed by atoms with Gasteiger partial charge >= 0.3 is 0 Å². The van der Waals surface area contributed by atoms with Crippen molar-refractivity contribution in [3.8, 4) is 0 Å². The largest absolute Gasteiger partial charge is 0.357 e. The molecule has 2 N–H and O–H groups in total. The second-order valence-corrected chi connectivity index (χ2v) is 3.77. The minimum absolute atomic E-state index is 0.149. The Labute approximate surface area is 83.3 Å². The van der Waals surface area contributed by atoms with E-state index in [0.717, 1.165) is 13.1 Å². The van der Waals surface area contributed by atoms with Gasteiger partial charge in [0.25, 0.3) is 0 Å². The first-order valence-corrected chi connectivity index (χ1v) is 4.85. The fourth-order valence-corrected chi connectivity index (χ4v) is 1.68. The van der Waals surface area contributed by atoms with Crippen LogP contribution in [0.3, 0.4) is 0 Å². The Morgan fingerprint density at radius 3 is 3.14 bits per heavy atom. The highest BCUT2D eigenvalue weighted by Crippen LogP contribution is 2.03. The van der Waals surface area contributed by atoms with Gasteiger partial charge in [-0.3, -0.25) is 4.79 Å². The van der Waals surface area contributed by atoms with E-state index in [-0.39, 0.29) is 5.91 Å². The molecule has 0 saturated carbocycles. The van der Waals surface area contributed by atoms with Gasteiger partial charge in [0.15, 0.2) is 0 Å². The van der Waals surface area contributed by atoms with Crippen molar-refractivity contribution < 1.29 is 4.79 Å². The first kappa shape index (κ1) is 9.27. The van der Waals surface area contributed by atoms with E-state index in [1.54, 1.807) is 0 Å². The van der Waals surface area contributed by atoms with Crippen LogP contribution in [0.1, 0.15) is 12.0 Å². The number of hydrogen-bond donors (Lipinski definition) is 2. The van der Waals surface area contributed by atoms with Gasteiger partial charge in [-0.15, -0.1) is 0 Å². The number of amides is 1. The fourth-order valence-electron chi connectivity index (χ4n) is 1.68. The van der Waals surface area contributed by atoms with Gasteiger partial charge in [0.2, 0.25) is 5.91 Å². The summed E-state index contributed by atoms with van der Waals surface area (Å²) in [4.78, 5) is 10.9. The molecule has 1 atom stereocenters. The van der Waals surface area contributed by atoms with Gasteiger partial charge in [-0.1, -0.05) is 0 Å². The monoisotopic (exact) mass is 193 g/mol. The number of carbonyl (C=O) groups is 1. The van der Waals surface area contributed by atoms with E-state index >= 15 is 0 Å². The molecule has 1 amide bonds. The number of hydrogen-bond acceptors (Lipinski definition) is 2. The summed E-state index contributed by atoms with van der Waals surface area (Å²) >= 11 is 0. The maximum Gasteiger partial charge on any atom is 0.221 e. The van der Waals surface area contributed by atoms with Gasteiger partial charge in [-0.25, -0.2) is 0 Å². The van der Waals surface area contributed by atoms with Gasteiger partial charge in [-0.2, -0.15) is 0 Å². The number of aryl methyl sites for hydroxylation is 1. The van der Waals surface area contributed by atoms with Crippen LogP contribution in [-0.4, -0.2) is 23.1 Å². The summed E-state index contributed by atoms with van der Waals surface area (Å²) in [7, 11) is 2.00. The summed E-state index contributed by atoms with van der Waals surface area (Å²) in [6.07, 6.45) is 4.71. The summed E-state index contributed by atoms with van der Waals surface area (Å²) in [5.41, 5.74) is 1.26. The van der Waals surface area contributed by atoms with E-state index in [2.05, 4.69) is 22.9 Å². The molecule has 0 bridgehead atoms. The third kappa shape index (κ3) is 2.14. The Bertz CT molecular complexity index is 332. The second-order valence-electron chi connectivity index (χ2n) is 3.77. The normalized spacial score (nSPS) is 21.2. The first-order valence-electron chi connectivity index (χ1n) is 4.85. The van der Waals surface area contributed by atoms with E-state index in [0.29, 0.717) is 12.5 Å². The zero-order valence-electron chi connectivity index (χ0n) is 8.29. The number of aromatic nitrogens is 1. The Balaban J connectivity index is 1.80. The maximum absolute atomic E-state index is 10.9. The Morgan fingerprint density at radius 1 is 1.71 bits per heavy atom. The highest BCUT2D eigenvalue weighted by atomic mass is 16.1. The van der Waals surface area contributed by atoms with Crippen molar-refractivity contribution in [2.45, 2.75) is 19.0 Å². The van der Waals surface area contributed by atoms with Crippen molar-refractivity contribution in [3.05, 3.63) is 24.0 Å². The molecule has 1 aromatic rings. The number of nitrogens with zero attached hydrogens (tertiary/aromatic N) is 1. The zero-order chi connectivity index (χ0) is 9.97. The number of rotatable bonds is 3. The van der Waals surface area contributed by atoms with Gasteiger partial charge in [-0.05, 0) is 11.6 Å². The third-order valence-corrected chi connectivity index (χ3v) is 2.47. The van der Waals surface area contributed by atoms with E-state index in [4.69, 9.17) is 0 Å². The summed E-state index contributed by atoms with van der Waals surface area (Å²) < 4.78 is 2.02. The number of nitrogens with one attached hydrogen (secondary N) is 2. The summed E-state index contributed by atoms with van der Waals surface area (Å²) in [5, 5.41) is 6.15. The van der Waals surface area contributed by atoms with Crippen LogP contribution in [0.25, 0.3) is 0 Å². The molecule has 4 heteroatoms. The minimum atomic E-state index is 0.149. The molecule has 1 unspecified atom stereocenters. The van der Waals surface area contributed by atoms with Crippen molar-refractivity contribution in [3.63, 3.8) is 0 Å². The predicted molar refractivity (Wildman–Crippen MR) is 53.7 cm³/mol. The van der Waals surface area contributed by atoms with E-state index in [1.165, 1.54) is 5.56 Å². The zero-order valence-corrected chi connectivity index (χ0v) is 8.29. The lowest BCUT2D eigenvalue weighted by Gasteiger charge is -2.08. The molecule has 4 nitrogen and oxygen atoms in total. The van der Waals surface area contributed by atoms with E-state index in [9.17, 15) is 4.79 Å². The lowest BCUT2D eigenvalue weighted by molar-refractivity contribution is -0.119. The Kier molecular flexibility index (Phi) is 2.54. The van der Waals surface area contributed by atoms with Crippen LogP contribution in [0.2, 0.25) is 0 Å². The quantitative estimate of drug-likeness (QED) is 0.710. The summed E-state index contributed by atoms with van der Waals surface area (Å²) in [6.45, 7) is 1.59. The molecule has 0 radical (unpaired) electrons. The van der Waals surface area contributed by atoms with Gasteiger partial charge in [0.1, 0.15) is 0 Å². The Hall–Kier alpha value is -1.29. The van der Waals surface area contributed by atoms with Crippen molar-refractivity contribution in [2.24, 2.45) is 7.05 Å². The topological polar surface area (TPSA) is 46.1 Å². The average molecular weight is 193 g/mol. The van der Waals surface area contributed by atoms with Crippen LogP contribution in [0, 0.1) is 0 Å². The number of carbonyl (C=O) groups excluding carboxylic acids is 1. The van der Waals surface area contributed by atoms with Crippen molar-refractivity contribution in [1.82, 2.24) is 15.2 Å². The van der Waals surface area contributed by atoms with Crippen LogP contribution in [0.4, 0.5) is 0 Å². The first-order chi connectivity index (χ1) is 6.74. The lowest BCUT2D eigenvalue weighted by atomic mass is 10.2. The molecule has 1 aliphatic heterocycles. The van der Waals surface area contributed by atoms with Crippen LogP contribution in [0.15, 0.2) is 18.5 Å². The standard InChI is InChI=1S/C10H15N3O/c1-13-3-2-8(7-13)5-11-9-4-10(14)12-6-9/h2-3,7,9,11H,4-6H2,1H3,(H,12,14). The smallest absolute Gasteiger partial charge is 0.221 e. The molecule has 2 rings (SSSR count). The van der Waals surface area contributed by atoms with Gasteiger partial charge in [0.05, 0.1) is 0 Å². The molecule has 1 aromatic heterocycles.